The van der Waals surface area contributed by atoms with E-state index in [4.69, 9.17) is 9.15 Å². The van der Waals surface area contributed by atoms with Crippen molar-refractivity contribution in [3.05, 3.63) is 59.5 Å². The van der Waals surface area contributed by atoms with Gasteiger partial charge in [0.25, 0.3) is 0 Å². The van der Waals surface area contributed by atoms with Gasteiger partial charge in [-0.3, -0.25) is 9.59 Å². The lowest BCUT2D eigenvalue weighted by molar-refractivity contribution is -0.145. The number of carbonyl (C=O) groups is 2. The number of carbonyl (C=O) groups excluding carboxylic acids is 2. The first kappa shape index (κ1) is 24.1. The largest absolute Gasteiger partial charge is 0.464 e. The number of nitrogens with zero attached hydrogens (tertiary/aromatic N) is 2. The normalized spacial score (nSPS) is 13.6. The summed E-state index contributed by atoms with van der Waals surface area (Å²) in [6.07, 6.45) is 4.45. The number of hydrogen-bond acceptors (Lipinski definition) is 4. The van der Waals surface area contributed by atoms with E-state index in [1.165, 1.54) is 5.56 Å². The molecule has 1 fully saturated rings. The lowest BCUT2D eigenvalue weighted by Crippen LogP contribution is -2.46. The number of ether oxygens (including phenoxy) is 1. The highest BCUT2D eigenvalue weighted by molar-refractivity contribution is 5.86. The van der Waals surface area contributed by atoms with Gasteiger partial charge in [-0.1, -0.05) is 36.8 Å². The molecule has 1 aromatic carbocycles. The van der Waals surface area contributed by atoms with Gasteiger partial charge in [0.05, 0.1) is 13.1 Å². The predicted octanol–water partition coefficient (Wildman–Crippen LogP) is 4.21. The van der Waals surface area contributed by atoms with Gasteiger partial charge in [-0.05, 0) is 57.2 Å². The minimum atomic E-state index is -0.0425. The average Bonchev–Trinajstić information content (AvgIpc) is 3.17. The summed E-state index contributed by atoms with van der Waals surface area (Å²) in [6.45, 7) is 6.76. The van der Waals surface area contributed by atoms with Gasteiger partial charge in [0.2, 0.25) is 11.8 Å². The monoisotopic (exact) mass is 440 g/mol. The Hall–Kier alpha value is -2.60. The molecule has 0 unspecified atom stereocenters. The van der Waals surface area contributed by atoms with Gasteiger partial charge >= 0.3 is 0 Å². The van der Waals surface area contributed by atoms with Crippen LogP contribution in [0.2, 0.25) is 0 Å². The van der Waals surface area contributed by atoms with Gasteiger partial charge < -0.3 is 19.0 Å². The molecule has 174 valence electrons. The van der Waals surface area contributed by atoms with Gasteiger partial charge in [-0.25, -0.2) is 0 Å². The van der Waals surface area contributed by atoms with Crippen LogP contribution in [-0.4, -0.2) is 54.5 Å². The summed E-state index contributed by atoms with van der Waals surface area (Å²) in [5, 5.41) is 0. The Kier molecular flexibility index (Phi) is 9.35. The molecular weight excluding hydrogens is 404 g/mol. The Morgan fingerprint density at radius 2 is 1.84 bits per heavy atom. The lowest BCUT2D eigenvalue weighted by atomic mass is 9.84. The van der Waals surface area contributed by atoms with E-state index < -0.39 is 0 Å². The first-order valence-electron chi connectivity index (χ1n) is 11.8. The molecule has 1 aliphatic rings. The van der Waals surface area contributed by atoms with Crippen LogP contribution in [0.5, 0.6) is 0 Å². The topological polar surface area (TPSA) is 63.0 Å². The molecule has 1 aromatic heterocycles. The first-order chi connectivity index (χ1) is 15.6. The molecule has 0 radical (unpaired) electrons. The van der Waals surface area contributed by atoms with Crippen LogP contribution in [0.3, 0.4) is 0 Å². The molecule has 0 atom stereocenters. The molecule has 3 rings (SSSR count). The van der Waals surface area contributed by atoms with Gasteiger partial charge in [0.1, 0.15) is 11.5 Å². The summed E-state index contributed by atoms with van der Waals surface area (Å²) >= 11 is 0. The second-order valence-electron chi connectivity index (χ2n) is 8.50. The second-order valence-corrected chi connectivity index (χ2v) is 8.50. The summed E-state index contributed by atoms with van der Waals surface area (Å²) in [6, 6.07) is 14.0. The van der Waals surface area contributed by atoms with Crippen molar-refractivity contribution < 1.29 is 18.7 Å². The third kappa shape index (κ3) is 7.23. The SMILES string of the molecule is CCOCCCN(CC(=O)N(CCc1ccccc1)Cc1ccc(C)o1)C(=O)C1CCC1. The number of rotatable bonds is 13. The van der Waals surface area contributed by atoms with E-state index in [0.29, 0.717) is 32.8 Å². The van der Waals surface area contributed by atoms with Crippen molar-refractivity contribution in [1.82, 2.24) is 9.80 Å². The van der Waals surface area contributed by atoms with Crippen LogP contribution in [0.4, 0.5) is 0 Å². The molecule has 0 saturated heterocycles. The average molecular weight is 441 g/mol. The molecule has 6 nitrogen and oxygen atoms in total. The molecule has 0 bridgehead atoms. The highest BCUT2D eigenvalue weighted by atomic mass is 16.5. The molecule has 1 heterocycles. The van der Waals surface area contributed by atoms with E-state index in [9.17, 15) is 9.59 Å². The summed E-state index contributed by atoms with van der Waals surface area (Å²) in [5.41, 5.74) is 1.18. The van der Waals surface area contributed by atoms with Crippen LogP contribution < -0.4 is 0 Å². The standard InChI is InChI=1S/C26H36N2O4/c1-3-31-18-8-16-28(26(30)23-11-7-12-23)20-25(29)27(19-24-14-13-21(2)32-24)17-15-22-9-5-4-6-10-22/h4-6,9-10,13-14,23H,3,7-8,11-12,15-20H2,1-2H3. The molecule has 0 aliphatic heterocycles. The Morgan fingerprint density at radius 3 is 2.47 bits per heavy atom. The quantitative estimate of drug-likeness (QED) is 0.438. The Labute approximate surface area is 191 Å². The number of aryl methyl sites for hydroxylation is 1. The molecule has 32 heavy (non-hydrogen) atoms. The third-order valence-corrected chi connectivity index (χ3v) is 6.02. The molecule has 2 aromatic rings. The summed E-state index contributed by atoms with van der Waals surface area (Å²) in [7, 11) is 0. The van der Waals surface area contributed by atoms with E-state index in [0.717, 1.165) is 43.6 Å². The third-order valence-electron chi connectivity index (χ3n) is 6.02. The fourth-order valence-electron chi connectivity index (χ4n) is 3.90. The number of benzene rings is 1. The van der Waals surface area contributed by atoms with E-state index in [1.54, 1.807) is 4.90 Å². The zero-order valence-corrected chi connectivity index (χ0v) is 19.4. The fourth-order valence-corrected chi connectivity index (χ4v) is 3.90. The van der Waals surface area contributed by atoms with Crippen molar-refractivity contribution in [2.75, 3.05) is 32.8 Å². The number of furan rings is 1. The highest BCUT2D eigenvalue weighted by Gasteiger charge is 2.31. The van der Waals surface area contributed by atoms with E-state index in [2.05, 4.69) is 12.1 Å². The van der Waals surface area contributed by atoms with Gasteiger partial charge in [0, 0.05) is 32.2 Å². The van der Waals surface area contributed by atoms with Crippen molar-refractivity contribution in [3.63, 3.8) is 0 Å². The molecule has 0 N–H and O–H groups in total. The lowest BCUT2D eigenvalue weighted by Gasteiger charge is -2.33. The van der Waals surface area contributed by atoms with Crippen molar-refractivity contribution in [1.29, 1.82) is 0 Å². The molecule has 0 spiro atoms. The number of hydrogen-bond donors (Lipinski definition) is 0. The molecule has 1 aliphatic carbocycles. The molecule has 6 heteroatoms. The maximum Gasteiger partial charge on any atom is 0.242 e. The Bertz CT molecular complexity index is 845. The fraction of sp³-hybridized carbons (Fsp3) is 0.538. The van der Waals surface area contributed by atoms with Crippen molar-refractivity contribution in [2.24, 2.45) is 5.92 Å². The van der Waals surface area contributed by atoms with Crippen LogP contribution in [0.25, 0.3) is 0 Å². The van der Waals surface area contributed by atoms with Gasteiger partial charge in [-0.15, -0.1) is 0 Å². The molecular formula is C26H36N2O4. The van der Waals surface area contributed by atoms with Gasteiger partial charge in [-0.2, -0.15) is 0 Å². The zero-order chi connectivity index (χ0) is 22.8. The van der Waals surface area contributed by atoms with E-state index in [1.807, 2.05) is 49.1 Å². The Morgan fingerprint density at radius 1 is 1.06 bits per heavy atom. The Balaban J connectivity index is 1.66. The maximum atomic E-state index is 13.4. The minimum Gasteiger partial charge on any atom is -0.464 e. The van der Waals surface area contributed by atoms with Crippen LogP contribution in [0.15, 0.2) is 46.9 Å². The van der Waals surface area contributed by atoms with Crippen LogP contribution in [-0.2, 0) is 27.3 Å². The molecule has 2 amide bonds. The van der Waals surface area contributed by atoms with Crippen molar-refractivity contribution in [3.8, 4) is 0 Å². The van der Waals surface area contributed by atoms with Crippen LogP contribution in [0.1, 0.15) is 49.7 Å². The highest BCUT2D eigenvalue weighted by Crippen LogP contribution is 2.28. The van der Waals surface area contributed by atoms with Crippen molar-refractivity contribution in [2.45, 2.75) is 52.5 Å². The van der Waals surface area contributed by atoms with Crippen LogP contribution in [0, 0.1) is 12.8 Å². The maximum absolute atomic E-state index is 13.4. The van der Waals surface area contributed by atoms with Crippen LogP contribution >= 0.6 is 0 Å². The summed E-state index contributed by atoms with van der Waals surface area (Å²) in [5.74, 6) is 1.72. The minimum absolute atomic E-state index is 0.0425. The number of amides is 2. The van der Waals surface area contributed by atoms with Crippen molar-refractivity contribution >= 4 is 11.8 Å². The molecule has 1 saturated carbocycles. The first-order valence-corrected chi connectivity index (χ1v) is 11.8. The predicted molar refractivity (Wildman–Crippen MR) is 124 cm³/mol. The van der Waals surface area contributed by atoms with E-state index >= 15 is 0 Å². The zero-order valence-electron chi connectivity index (χ0n) is 19.4. The second kappa shape index (κ2) is 12.4. The van der Waals surface area contributed by atoms with Gasteiger partial charge in [0.15, 0.2) is 0 Å². The summed E-state index contributed by atoms with van der Waals surface area (Å²) in [4.78, 5) is 29.9. The summed E-state index contributed by atoms with van der Waals surface area (Å²) < 4.78 is 11.2. The smallest absolute Gasteiger partial charge is 0.242 e. The van der Waals surface area contributed by atoms with E-state index in [-0.39, 0.29) is 24.3 Å².